The predicted octanol–water partition coefficient (Wildman–Crippen LogP) is 1.95. The van der Waals surface area contributed by atoms with Gasteiger partial charge in [0.15, 0.2) is 15.8 Å². The fourth-order valence-electron chi connectivity index (χ4n) is 1.85. The second-order valence-electron chi connectivity index (χ2n) is 5.13. The Morgan fingerprint density at radius 2 is 1.90 bits per heavy atom. The highest BCUT2D eigenvalue weighted by atomic mass is 32.2. The summed E-state index contributed by atoms with van der Waals surface area (Å²) in [6.45, 7) is 6.40. The van der Waals surface area contributed by atoms with Gasteiger partial charge in [0, 0.05) is 25.4 Å². The molecule has 20 heavy (non-hydrogen) atoms. The van der Waals surface area contributed by atoms with Crippen LogP contribution in [0.5, 0.6) is 0 Å². The minimum absolute atomic E-state index is 0.148. The maximum Gasteiger partial charge on any atom is 0.191 e. The lowest BCUT2D eigenvalue weighted by atomic mass is 10.1. The van der Waals surface area contributed by atoms with Crippen LogP contribution in [0, 0.1) is 0 Å². The molecule has 0 aromatic rings. The van der Waals surface area contributed by atoms with E-state index < -0.39 is 9.84 Å². The summed E-state index contributed by atoms with van der Waals surface area (Å²) in [6, 6.07) is 0.348. The van der Waals surface area contributed by atoms with Crippen molar-refractivity contribution >= 4 is 15.8 Å². The lowest BCUT2D eigenvalue weighted by molar-refractivity contribution is 0.537. The third kappa shape index (κ3) is 10.1. The Bertz CT molecular complexity index is 367. The summed E-state index contributed by atoms with van der Waals surface area (Å²) in [5.41, 5.74) is 0. The Hall–Kier alpha value is -0.780. The van der Waals surface area contributed by atoms with E-state index in [0.717, 1.165) is 6.42 Å². The molecule has 120 valence electrons. The molecule has 1 atom stereocenters. The zero-order valence-corrected chi connectivity index (χ0v) is 14.2. The molecule has 0 aliphatic heterocycles. The molecule has 0 aromatic heterocycles. The van der Waals surface area contributed by atoms with E-state index >= 15 is 0 Å². The first-order chi connectivity index (χ1) is 9.45. The van der Waals surface area contributed by atoms with Crippen molar-refractivity contribution in [1.82, 2.24) is 10.6 Å². The lowest BCUT2D eigenvalue weighted by Gasteiger charge is -2.17. The molecule has 0 heterocycles. The monoisotopic (exact) mass is 305 g/mol. The van der Waals surface area contributed by atoms with Gasteiger partial charge in [0.25, 0.3) is 0 Å². The van der Waals surface area contributed by atoms with E-state index in [2.05, 4.69) is 29.5 Å². The first-order valence-electron chi connectivity index (χ1n) is 7.62. The highest BCUT2D eigenvalue weighted by Crippen LogP contribution is 2.05. The van der Waals surface area contributed by atoms with Crippen LogP contribution in [0.1, 0.15) is 52.9 Å². The Kier molecular flexibility index (Phi) is 10.5. The summed E-state index contributed by atoms with van der Waals surface area (Å²) in [5.74, 6) is 1.02. The molecular weight excluding hydrogens is 274 g/mol. The van der Waals surface area contributed by atoms with E-state index in [4.69, 9.17) is 0 Å². The SMILES string of the molecule is CCCCCCC(C)NC(=NC)NCCS(=O)(=O)CC. The van der Waals surface area contributed by atoms with Crippen molar-refractivity contribution < 1.29 is 8.42 Å². The van der Waals surface area contributed by atoms with Crippen LogP contribution in [0.25, 0.3) is 0 Å². The molecule has 0 radical (unpaired) electrons. The predicted molar refractivity (Wildman–Crippen MR) is 87.0 cm³/mol. The number of hydrogen-bond acceptors (Lipinski definition) is 3. The van der Waals surface area contributed by atoms with E-state index in [1.807, 2.05) is 0 Å². The molecule has 0 saturated carbocycles. The van der Waals surface area contributed by atoms with Crippen molar-refractivity contribution in [2.24, 2.45) is 4.99 Å². The van der Waals surface area contributed by atoms with Crippen molar-refractivity contribution in [3.8, 4) is 0 Å². The van der Waals surface area contributed by atoms with Gasteiger partial charge >= 0.3 is 0 Å². The van der Waals surface area contributed by atoms with Gasteiger partial charge in [0.1, 0.15) is 0 Å². The molecule has 0 aromatic carbocycles. The molecule has 0 bridgehead atoms. The van der Waals surface area contributed by atoms with Gasteiger partial charge in [-0.2, -0.15) is 0 Å². The van der Waals surface area contributed by atoms with Gasteiger partial charge in [-0.15, -0.1) is 0 Å². The number of rotatable bonds is 10. The molecule has 0 aliphatic carbocycles. The number of unbranched alkanes of at least 4 members (excludes halogenated alkanes) is 3. The van der Waals surface area contributed by atoms with E-state index in [0.29, 0.717) is 18.5 Å². The Balaban J connectivity index is 3.92. The van der Waals surface area contributed by atoms with Crippen LogP contribution in [0.4, 0.5) is 0 Å². The van der Waals surface area contributed by atoms with Crippen LogP contribution in [0.2, 0.25) is 0 Å². The summed E-state index contributed by atoms with van der Waals surface area (Å²) >= 11 is 0. The van der Waals surface area contributed by atoms with E-state index in [1.54, 1.807) is 14.0 Å². The Labute approximate surface area is 124 Å². The van der Waals surface area contributed by atoms with Crippen molar-refractivity contribution in [2.45, 2.75) is 58.9 Å². The summed E-state index contributed by atoms with van der Waals surface area (Å²) in [7, 11) is -1.22. The van der Waals surface area contributed by atoms with Gasteiger partial charge in [-0.3, -0.25) is 4.99 Å². The maximum absolute atomic E-state index is 11.4. The molecule has 6 heteroatoms. The van der Waals surface area contributed by atoms with Crippen LogP contribution in [-0.2, 0) is 9.84 Å². The van der Waals surface area contributed by atoms with Crippen molar-refractivity contribution in [1.29, 1.82) is 0 Å². The van der Waals surface area contributed by atoms with Crippen LogP contribution in [0.3, 0.4) is 0 Å². The minimum Gasteiger partial charge on any atom is -0.355 e. The topological polar surface area (TPSA) is 70.6 Å². The smallest absolute Gasteiger partial charge is 0.191 e. The van der Waals surface area contributed by atoms with Gasteiger partial charge in [0.2, 0.25) is 0 Å². The normalized spacial score (nSPS) is 14.1. The molecule has 2 N–H and O–H groups in total. The molecular formula is C14H31N3O2S. The second kappa shape index (κ2) is 10.9. The van der Waals surface area contributed by atoms with Gasteiger partial charge in [0.05, 0.1) is 5.75 Å². The first-order valence-corrected chi connectivity index (χ1v) is 9.44. The minimum atomic E-state index is -2.92. The zero-order valence-electron chi connectivity index (χ0n) is 13.4. The largest absolute Gasteiger partial charge is 0.355 e. The van der Waals surface area contributed by atoms with Crippen molar-refractivity contribution in [3.63, 3.8) is 0 Å². The highest BCUT2D eigenvalue weighted by molar-refractivity contribution is 7.91. The van der Waals surface area contributed by atoms with Crippen LogP contribution >= 0.6 is 0 Å². The van der Waals surface area contributed by atoms with Crippen LogP contribution in [-0.4, -0.2) is 45.5 Å². The molecule has 0 saturated heterocycles. The molecule has 5 nitrogen and oxygen atoms in total. The van der Waals surface area contributed by atoms with Gasteiger partial charge in [-0.1, -0.05) is 39.5 Å². The maximum atomic E-state index is 11.4. The number of hydrogen-bond donors (Lipinski definition) is 2. The molecule has 1 unspecified atom stereocenters. The average Bonchev–Trinajstić information content (AvgIpc) is 2.42. The van der Waals surface area contributed by atoms with E-state index in [-0.39, 0.29) is 11.5 Å². The fraction of sp³-hybridized carbons (Fsp3) is 0.929. The van der Waals surface area contributed by atoms with Crippen molar-refractivity contribution in [2.75, 3.05) is 25.1 Å². The van der Waals surface area contributed by atoms with Crippen LogP contribution < -0.4 is 10.6 Å². The third-order valence-electron chi connectivity index (χ3n) is 3.24. The fourth-order valence-corrected chi connectivity index (χ4v) is 2.55. The molecule has 0 rings (SSSR count). The summed E-state index contributed by atoms with van der Waals surface area (Å²) in [6.07, 6.45) is 6.12. The Morgan fingerprint density at radius 1 is 1.20 bits per heavy atom. The molecule has 0 fully saturated rings. The number of sulfone groups is 1. The van der Waals surface area contributed by atoms with Crippen LogP contribution in [0.15, 0.2) is 4.99 Å². The standard InChI is InChI=1S/C14H31N3O2S/c1-5-7-8-9-10-13(3)17-14(15-4)16-11-12-20(18,19)6-2/h13H,5-12H2,1-4H3,(H2,15,16,17). The number of nitrogens with zero attached hydrogens (tertiary/aromatic N) is 1. The number of nitrogens with one attached hydrogen (secondary N) is 2. The molecule has 0 amide bonds. The summed E-state index contributed by atoms with van der Waals surface area (Å²) in [4.78, 5) is 4.12. The molecule has 0 aliphatic rings. The zero-order chi connectivity index (χ0) is 15.4. The summed E-state index contributed by atoms with van der Waals surface area (Å²) in [5, 5.41) is 6.34. The quantitative estimate of drug-likeness (QED) is 0.368. The number of guanidine groups is 1. The van der Waals surface area contributed by atoms with Gasteiger partial charge in [-0.05, 0) is 13.3 Å². The van der Waals surface area contributed by atoms with E-state index in [1.165, 1.54) is 25.7 Å². The van der Waals surface area contributed by atoms with E-state index in [9.17, 15) is 8.42 Å². The summed E-state index contributed by atoms with van der Waals surface area (Å²) < 4.78 is 22.8. The lowest BCUT2D eigenvalue weighted by Crippen LogP contribution is -2.43. The molecule has 0 spiro atoms. The van der Waals surface area contributed by atoms with Gasteiger partial charge in [-0.25, -0.2) is 8.42 Å². The average molecular weight is 305 g/mol. The number of aliphatic imine (C=N–C) groups is 1. The second-order valence-corrected chi connectivity index (χ2v) is 7.60. The highest BCUT2D eigenvalue weighted by Gasteiger charge is 2.08. The van der Waals surface area contributed by atoms with Gasteiger partial charge < -0.3 is 10.6 Å². The van der Waals surface area contributed by atoms with Crippen molar-refractivity contribution in [3.05, 3.63) is 0 Å². The first kappa shape index (κ1) is 19.2. The Morgan fingerprint density at radius 3 is 2.45 bits per heavy atom. The third-order valence-corrected chi connectivity index (χ3v) is 4.95.